The summed E-state index contributed by atoms with van der Waals surface area (Å²) in [5.74, 6) is 0. The lowest BCUT2D eigenvalue weighted by molar-refractivity contribution is -0.0334. The van der Waals surface area contributed by atoms with E-state index >= 15 is 0 Å². The molecule has 2 aliphatic rings. The van der Waals surface area contributed by atoms with Crippen LogP contribution in [0.2, 0.25) is 0 Å². The van der Waals surface area contributed by atoms with Crippen LogP contribution in [-0.4, -0.2) is 26.4 Å². The Morgan fingerprint density at radius 3 is 2.00 bits per heavy atom. The van der Waals surface area contributed by atoms with E-state index in [1.54, 1.807) is 0 Å². The van der Waals surface area contributed by atoms with Crippen LogP contribution in [-0.2, 0) is 9.47 Å². The highest BCUT2D eigenvalue weighted by atomic mass is 16.6. The van der Waals surface area contributed by atoms with E-state index in [1.165, 1.54) is 31.3 Å². The summed E-state index contributed by atoms with van der Waals surface area (Å²) < 4.78 is 9.89. The van der Waals surface area contributed by atoms with Gasteiger partial charge in [0.2, 0.25) is 0 Å². The van der Waals surface area contributed by atoms with E-state index < -0.39 is 0 Å². The normalized spacial score (nSPS) is 21.6. The number of ether oxygens (including phenoxy) is 2. The maximum absolute atomic E-state index is 4.94. The Labute approximate surface area is 86.6 Å². The molecule has 1 saturated heterocycles. The first-order valence-corrected chi connectivity index (χ1v) is 5.40. The Balaban J connectivity index is 0.000000146. The molecule has 2 rings (SSSR count). The zero-order chi connectivity index (χ0) is 10.1. The van der Waals surface area contributed by atoms with Crippen molar-refractivity contribution in [2.24, 2.45) is 0 Å². The summed E-state index contributed by atoms with van der Waals surface area (Å²) >= 11 is 0. The van der Waals surface area contributed by atoms with E-state index in [9.17, 15) is 0 Å². The van der Waals surface area contributed by atoms with Gasteiger partial charge in [-0.15, -0.1) is 0 Å². The van der Waals surface area contributed by atoms with Crippen LogP contribution in [0.25, 0.3) is 0 Å². The summed E-state index contributed by atoms with van der Waals surface area (Å²) in [6, 6.07) is 0. The Morgan fingerprint density at radius 1 is 1.07 bits per heavy atom. The fourth-order valence-electron chi connectivity index (χ4n) is 1.49. The number of allylic oxidation sites excluding steroid dienone is 3. The lowest BCUT2D eigenvalue weighted by Gasteiger charge is -2.09. The lowest BCUT2D eigenvalue weighted by atomic mass is 10.0. The summed E-state index contributed by atoms with van der Waals surface area (Å²) in [4.78, 5) is 0. The first-order chi connectivity index (χ1) is 6.93. The second kappa shape index (κ2) is 7.77. The zero-order valence-electron chi connectivity index (χ0n) is 8.84. The first-order valence-electron chi connectivity index (χ1n) is 5.40. The zero-order valence-corrected chi connectivity index (χ0v) is 8.84. The summed E-state index contributed by atoms with van der Waals surface area (Å²) in [6.07, 6.45) is 9.51. The Hall–Kier alpha value is -0.600. The van der Waals surface area contributed by atoms with Gasteiger partial charge in [-0.2, -0.15) is 0 Å². The first kappa shape index (κ1) is 11.5. The maximum atomic E-state index is 4.94. The van der Waals surface area contributed by atoms with Crippen LogP contribution in [0.4, 0.5) is 0 Å². The largest absolute Gasteiger partial charge is 0.377 e. The van der Waals surface area contributed by atoms with Crippen molar-refractivity contribution in [2.75, 3.05) is 26.4 Å². The van der Waals surface area contributed by atoms with E-state index in [1.807, 2.05) is 6.08 Å². The van der Waals surface area contributed by atoms with E-state index in [2.05, 4.69) is 12.7 Å². The predicted octanol–water partition coefficient (Wildman–Crippen LogP) is 2.71. The van der Waals surface area contributed by atoms with E-state index in [-0.39, 0.29) is 0 Å². The lowest BCUT2D eigenvalue weighted by Crippen LogP contribution is -2.16. The number of hydrogen-bond donors (Lipinski definition) is 0. The van der Waals surface area contributed by atoms with Gasteiger partial charge in [0, 0.05) is 0 Å². The van der Waals surface area contributed by atoms with Crippen LogP contribution < -0.4 is 0 Å². The van der Waals surface area contributed by atoms with Crippen molar-refractivity contribution >= 4 is 0 Å². The SMILES string of the molecule is C1COCCO1.C=CC1=CCCCC1. The van der Waals surface area contributed by atoms with Gasteiger partial charge < -0.3 is 9.47 Å². The van der Waals surface area contributed by atoms with Crippen molar-refractivity contribution in [2.45, 2.75) is 25.7 Å². The van der Waals surface area contributed by atoms with Crippen molar-refractivity contribution in [1.82, 2.24) is 0 Å². The molecule has 14 heavy (non-hydrogen) atoms. The second-order valence-corrected chi connectivity index (χ2v) is 3.45. The fraction of sp³-hybridized carbons (Fsp3) is 0.667. The van der Waals surface area contributed by atoms with Crippen LogP contribution in [0.15, 0.2) is 24.3 Å². The molecule has 1 aliphatic heterocycles. The molecule has 0 spiro atoms. The van der Waals surface area contributed by atoms with Gasteiger partial charge in [0.25, 0.3) is 0 Å². The van der Waals surface area contributed by atoms with Crippen LogP contribution in [0.1, 0.15) is 25.7 Å². The number of hydrogen-bond acceptors (Lipinski definition) is 2. The molecule has 2 nitrogen and oxygen atoms in total. The van der Waals surface area contributed by atoms with Crippen molar-refractivity contribution in [1.29, 1.82) is 0 Å². The summed E-state index contributed by atoms with van der Waals surface area (Å²) in [5.41, 5.74) is 1.44. The fourth-order valence-corrected chi connectivity index (χ4v) is 1.49. The standard InChI is InChI=1S/C8H12.C4H8O2/c1-2-8-6-4-3-5-7-8;1-2-6-4-3-5-1/h2,6H,1,3-5,7H2;1-4H2. The summed E-state index contributed by atoms with van der Waals surface area (Å²) in [7, 11) is 0. The van der Waals surface area contributed by atoms with Crippen LogP contribution in [0.5, 0.6) is 0 Å². The topological polar surface area (TPSA) is 18.5 Å². The molecule has 1 fully saturated rings. The molecule has 0 aromatic carbocycles. The van der Waals surface area contributed by atoms with Gasteiger partial charge in [0.15, 0.2) is 0 Å². The van der Waals surface area contributed by atoms with E-state index in [4.69, 9.17) is 9.47 Å². The molecular weight excluding hydrogens is 176 g/mol. The quantitative estimate of drug-likeness (QED) is 0.642. The van der Waals surface area contributed by atoms with Gasteiger partial charge in [-0.1, -0.05) is 24.3 Å². The van der Waals surface area contributed by atoms with Gasteiger partial charge in [0.1, 0.15) is 0 Å². The highest BCUT2D eigenvalue weighted by molar-refractivity contribution is 5.17. The van der Waals surface area contributed by atoms with Crippen molar-refractivity contribution in [3.8, 4) is 0 Å². The molecule has 0 saturated carbocycles. The van der Waals surface area contributed by atoms with Gasteiger partial charge in [-0.05, 0) is 25.7 Å². The summed E-state index contributed by atoms with van der Waals surface area (Å²) in [5, 5.41) is 0. The smallest absolute Gasteiger partial charge is 0.0701 e. The van der Waals surface area contributed by atoms with Gasteiger partial charge in [-0.25, -0.2) is 0 Å². The minimum absolute atomic E-state index is 0.778. The third kappa shape index (κ3) is 5.20. The van der Waals surface area contributed by atoms with Crippen molar-refractivity contribution < 1.29 is 9.47 Å². The Morgan fingerprint density at radius 2 is 1.71 bits per heavy atom. The van der Waals surface area contributed by atoms with Crippen molar-refractivity contribution in [3.05, 3.63) is 24.3 Å². The number of rotatable bonds is 1. The van der Waals surface area contributed by atoms with Crippen LogP contribution >= 0.6 is 0 Å². The molecule has 0 bridgehead atoms. The van der Waals surface area contributed by atoms with Crippen LogP contribution in [0, 0.1) is 0 Å². The highest BCUT2D eigenvalue weighted by Crippen LogP contribution is 2.16. The third-order valence-corrected chi connectivity index (χ3v) is 2.33. The van der Waals surface area contributed by atoms with Gasteiger partial charge in [-0.3, -0.25) is 0 Å². The molecule has 0 aromatic rings. The minimum Gasteiger partial charge on any atom is -0.377 e. The highest BCUT2D eigenvalue weighted by Gasteiger charge is 1.97. The average molecular weight is 196 g/mol. The third-order valence-electron chi connectivity index (χ3n) is 2.33. The summed E-state index contributed by atoms with van der Waals surface area (Å²) in [6.45, 7) is 6.83. The molecule has 0 radical (unpaired) electrons. The molecule has 0 N–H and O–H groups in total. The van der Waals surface area contributed by atoms with E-state index in [0.29, 0.717) is 0 Å². The van der Waals surface area contributed by atoms with Gasteiger partial charge in [0.05, 0.1) is 26.4 Å². The predicted molar refractivity (Wildman–Crippen MR) is 58.4 cm³/mol. The Bertz CT molecular complexity index is 169. The minimum atomic E-state index is 0.778. The molecular formula is C12H20O2. The molecule has 0 atom stereocenters. The molecule has 0 amide bonds. The average Bonchev–Trinajstić information content (AvgIpc) is 2.33. The molecule has 0 aromatic heterocycles. The van der Waals surface area contributed by atoms with Crippen LogP contribution in [0.3, 0.4) is 0 Å². The molecule has 1 heterocycles. The molecule has 80 valence electrons. The second-order valence-electron chi connectivity index (χ2n) is 3.45. The monoisotopic (exact) mass is 196 g/mol. The molecule has 2 heteroatoms. The molecule has 0 unspecified atom stereocenters. The van der Waals surface area contributed by atoms with E-state index in [0.717, 1.165) is 26.4 Å². The molecule has 1 aliphatic carbocycles. The van der Waals surface area contributed by atoms with Crippen molar-refractivity contribution in [3.63, 3.8) is 0 Å². The maximum Gasteiger partial charge on any atom is 0.0701 e. The van der Waals surface area contributed by atoms with Gasteiger partial charge >= 0.3 is 0 Å². The Kier molecular flexibility index (Phi) is 6.37.